The van der Waals surface area contributed by atoms with Gasteiger partial charge in [0.15, 0.2) is 5.13 Å². The Morgan fingerprint density at radius 3 is 2.55 bits per heavy atom. The highest BCUT2D eigenvalue weighted by Crippen LogP contribution is 2.25. The average Bonchev–Trinajstić information content (AvgIpc) is 3.38. The van der Waals surface area contributed by atoms with Crippen LogP contribution in [0.15, 0.2) is 54.0 Å². The lowest BCUT2D eigenvalue weighted by atomic mass is 9.95. The lowest BCUT2D eigenvalue weighted by Gasteiger charge is -2.39. The van der Waals surface area contributed by atoms with Crippen molar-refractivity contribution >= 4 is 39.1 Å². The van der Waals surface area contributed by atoms with Crippen LogP contribution in [0.3, 0.4) is 0 Å². The second-order valence-corrected chi connectivity index (χ2v) is 9.12. The van der Waals surface area contributed by atoms with E-state index in [1.54, 1.807) is 11.3 Å². The van der Waals surface area contributed by atoms with Crippen LogP contribution in [0.5, 0.6) is 0 Å². The smallest absolute Gasteiger partial charge is 0.254 e. The predicted octanol–water partition coefficient (Wildman–Crippen LogP) is 3.50. The normalized spacial score (nSPS) is 19.6. The summed E-state index contributed by atoms with van der Waals surface area (Å²) in [4.78, 5) is 37.0. The zero-order valence-corrected chi connectivity index (χ0v) is 18.3. The number of aromatic nitrogens is 1. The summed E-state index contributed by atoms with van der Waals surface area (Å²) in [5.74, 6) is 0.108. The van der Waals surface area contributed by atoms with Gasteiger partial charge in [-0.25, -0.2) is 4.98 Å². The van der Waals surface area contributed by atoms with Crippen LogP contribution in [0.25, 0.3) is 10.8 Å². The van der Waals surface area contributed by atoms with E-state index in [1.807, 2.05) is 63.8 Å². The molecule has 2 aliphatic rings. The first-order chi connectivity index (χ1) is 15.2. The molecule has 2 aromatic carbocycles. The number of likely N-dealkylation sites (tertiary alicyclic amines) is 1. The van der Waals surface area contributed by atoms with E-state index in [0.29, 0.717) is 26.2 Å². The van der Waals surface area contributed by atoms with Gasteiger partial charge in [0.05, 0.1) is 5.92 Å². The van der Waals surface area contributed by atoms with Gasteiger partial charge in [-0.2, -0.15) is 0 Å². The van der Waals surface area contributed by atoms with E-state index in [-0.39, 0.29) is 17.7 Å². The lowest BCUT2D eigenvalue weighted by molar-refractivity contribution is -0.137. The summed E-state index contributed by atoms with van der Waals surface area (Å²) in [5, 5.41) is 5.05. The number of carbonyl (C=O) groups excluding carboxylic acids is 2. The Balaban J connectivity index is 1.25. The Labute approximate surface area is 186 Å². The van der Waals surface area contributed by atoms with E-state index in [0.717, 1.165) is 47.4 Å². The molecule has 31 heavy (non-hydrogen) atoms. The number of nitrogens with zero attached hydrogens (tertiary/aromatic N) is 4. The van der Waals surface area contributed by atoms with E-state index >= 15 is 0 Å². The van der Waals surface area contributed by atoms with Gasteiger partial charge < -0.3 is 14.7 Å². The number of carbonyl (C=O) groups is 2. The molecule has 0 aliphatic carbocycles. The first-order valence-corrected chi connectivity index (χ1v) is 11.8. The minimum atomic E-state index is -0.112. The van der Waals surface area contributed by atoms with Crippen molar-refractivity contribution in [3.8, 4) is 0 Å². The van der Waals surface area contributed by atoms with E-state index in [1.165, 1.54) is 0 Å². The van der Waals surface area contributed by atoms with Crippen molar-refractivity contribution in [2.24, 2.45) is 5.92 Å². The van der Waals surface area contributed by atoms with Crippen LogP contribution in [-0.2, 0) is 4.79 Å². The molecule has 2 aliphatic heterocycles. The highest BCUT2D eigenvalue weighted by molar-refractivity contribution is 7.13. The summed E-state index contributed by atoms with van der Waals surface area (Å²) in [7, 11) is 0. The monoisotopic (exact) mass is 434 g/mol. The second-order valence-electron chi connectivity index (χ2n) is 8.24. The molecule has 7 heteroatoms. The molecule has 2 saturated heterocycles. The van der Waals surface area contributed by atoms with E-state index in [2.05, 4.69) is 9.88 Å². The highest BCUT2D eigenvalue weighted by Gasteiger charge is 2.33. The molecule has 0 bridgehead atoms. The highest BCUT2D eigenvalue weighted by atomic mass is 32.1. The maximum Gasteiger partial charge on any atom is 0.254 e. The zero-order chi connectivity index (χ0) is 21.2. The third-order valence-electron chi connectivity index (χ3n) is 6.36. The second kappa shape index (κ2) is 8.67. The maximum absolute atomic E-state index is 13.3. The fourth-order valence-corrected chi connectivity index (χ4v) is 5.39. The number of piperidine rings is 1. The van der Waals surface area contributed by atoms with Crippen LogP contribution in [-0.4, -0.2) is 65.9 Å². The SMILES string of the molecule is O=C(c1cccc2ccccc12)N1CCC[C@@H](C(=O)N2CCN(c3nccs3)CC2)C1. The first kappa shape index (κ1) is 20.0. The van der Waals surface area contributed by atoms with Crippen LogP contribution in [0.4, 0.5) is 5.13 Å². The van der Waals surface area contributed by atoms with E-state index in [4.69, 9.17) is 0 Å². The summed E-state index contributed by atoms with van der Waals surface area (Å²) >= 11 is 1.64. The molecular weight excluding hydrogens is 408 g/mol. The molecule has 6 nitrogen and oxygen atoms in total. The summed E-state index contributed by atoms with van der Waals surface area (Å²) in [6, 6.07) is 13.8. The van der Waals surface area contributed by atoms with Crippen molar-refractivity contribution in [3.05, 3.63) is 59.6 Å². The van der Waals surface area contributed by atoms with Gasteiger partial charge in [-0.1, -0.05) is 36.4 Å². The molecule has 0 spiro atoms. The summed E-state index contributed by atoms with van der Waals surface area (Å²) in [5.41, 5.74) is 0.725. The van der Waals surface area contributed by atoms with Crippen LogP contribution in [0, 0.1) is 5.92 Å². The average molecular weight is 435 g/mol. The Bertz CT molecular complexity index is 1070. The number of thiazole rings is 1. The number of anilines is 1. The topological polar surface area (TPSA) is 56.8 Å². The summed E-state index contributed by atoms with van der Waals surface area (Å²) < 4.78 is 0. The molecule has 2 amide bonds. The summed E-state index contributed by atoms with van der Waals surface area (Å²) in [6.07, 6.45) is 3.54. The number of amides is 2. The van der Waals surface area contributed by atoms with Crippen molar-refractivity contribution < 1.29 is 9.59 Å². The molecule has 1 atom stereocenters. The first-order valence-electron chi connectivity index (χ1n) is 10.9. The minimum Gasteiger partial charge on any atom is -0.345 e. The Morgan fingerprint density at radius 1 is 0.935 bits per heavy atom. The number of hydrogen-bond donors (Lipinski definition) is 0. The van der Waals surface area contributed by atoms with Crippen molar-refractivity contribution in [2.45, 2.75) is 12.8 Å². The van der Waals surface area contributed by atoms with E-state index < -0.39 is 0 Å². The summed E-state index contributed by atoms with van der Waals surface area (Å²) in [6.45, 7) is 4.27. The molecule has 5 rings (SSSR count). The van der Waals surface area contributed by atoms with Crippen molar-refractivity contribution in [2.75, 3.05) is 44.2 Å². The predicted molar refractivity (Wildman–Crippen MR) is 123 cm³/mol. The van der Waals surface area contributed by atoms with Crippen molar-refractivity contribution in [1.82, 2.24) is 14.8 Å². The Kier molecular flexibility index (Phi) is 5.59. The molecular formula is C24H26N4O2S. The maximum atomic E-state index is 13.3. The van der Waals surface area contributed by atoms with Crippen LogP contribution in [0.1, 0.15) is 23.2 Å². The largest absolute Gasteiger partial charge is 0.345 e. The van der Waals surface area contributed by atoms with Crippen LogP contribution < -0.4 is 4.90 Å². The zero-order valence-electron chi connectivity index (χ0n) is 17.4. The van der Waals surface area contributed by atoms with Gasteiger partial charge in [-0.05, 0) is 29.7 Å². The third-order valence-corrected chi connectivity index (χ3v) is 7.19. The van der Waals surface area contributed by atoms with Gasteiger partial charge >= 0.3 is 0 Å². The van der Waals surface area contributed by atoms with Crippen LogP contribution >= 0.6 is 11.3 Å². The number of fused-ring (bicyclic) bond motifs is 1. The van der Waals surface area contributed by atoms with Gasteiger partial charge in [-0.15, -0.1) is 11.3 Å². The Morgan fingerprint density at radius 2 is 1.74 bits per heavy atom. The molecule has 2 fully saturated rings. The fourth-order valence-electron chi connectivity index (χ4n) is 4.69. The molecule has 1 aromatic heterocycles. The number of piperazine rings is 1. The van der Waals surface area contributed by atoms with E-state index in [9.17, 15) is 9.59 Å². The number of rotatable bonds is 3. The molecule has 0 radical (unpaired) electrons. The molecule has 3 heterocycles. The van der Waals surface area contributed by atoms with Gasteiger partial charge in [0.2, 0.25) is 5.91 Å². The van der Waals surface area contributed by atoms with Crippen molar-refractivity contribution in [3.63, 3.8) is 0 Å². The molecule has 0 N–H and O–H groups in total. The van der Waals surface area contributed by atoms with Gasteiger partial charge in [0, 0.05) is 56.4 Å². The molecule has 0 unspecified atom stereocenters. The van der Waals surface area contributed by atoms with Gasteiger partial charge in [0.25, 0.3) is 5.91 Å². The Hall–Kier alpha value is -2.93. The molecule has 160 valence electrons. The van der Waals surface area contributed by atoms with Crippen molar-refractivity contribution in [1.29, 1.82) is 0 Å². The minimum absolute atomic E-state index is 0.0305. The molecule has 0 saturated carbocycles. The number of hydrogen-bond acceptors (Lipinski definition) is 5. The number of benzene rings is 2. The standard InChI is InChI=1S/C24H26N4O2S/c29-22(26-12-14-27(15-13-26)24-25-10-16-31-24)19-7-4-11-28(17-19)23(30)21-9-3-6-18-5-1-2-8-20(18)21/h1-3,5-6,8-10,16,19H,4,7,11-15,17H2/t19-/m1/s1. The molecule has 3 aromatic rings. The fraction of sp³-hybridized carbons (Fsp3) is 0.375. The van der Waals surface area contributed by atoms with Gasteiger partial charge in [-0.3, -0.25) is 9.59 Å². The lowest BCUT2D eigenvalue weighted by Crippen LogP contribution is -2.53. The van der Waals surface area contributed by atoms with Crippen LogP contribution in [0.2, 0.25) is 0 Å². The quantitative estimate of drug-likeness (QED) is 0.633. The van der Waals surface area contributed by atoms with Gasteiger partial charge in [0.1, 0.15) is 0 Å². The third kappa shape index (κ3) is 4.02.